The maximum atomic E-state index is 9.21. The van der Waals surface area contributed by atoms with Crippen LogP contribution < -0.4 is 0 Å². The summed E-state index contributed by atoms with van der Waals surface area (Å²) in [5, 5.41) is 21.8. The Morgan fingerprint density at radius 3 is 2.93 bits per heavy atom. The van der Waals surface area contributed by atoms with E-state index in [1.165, 1.54) is 37.4 Å². The fourth-order valence-electron chi connectivity index (χ4n) is 1.85. The van der Waals surface area contributed by atoms with Gasteiger partial charge in [0, 0.05) is 5.75 Å². The number of aromatic nitrogens is 4. The molecule has 84 valence electrons. The van der Waals surface area contributed by atoms with Gasteiger partial charge in [-0.2, -0.15) is 0 Å². The predicted octanol–water partition coefficient (Wildman–Crippen LogP) is 1.26. The molecule has 0 amide bonds. The summed E-state index contributed by atoms with van der Waals surface area (Å²) >= 11 is 1.53. The van der Waals surface area contributed by atoms with E-state index in [1.807, 2.05) is 4.68 Å². The molecular formula is C9H16N4OS. The van der Waals surface area contributed by atoms with Crippen molar-refractivity contribution in [1.29, 1.82) is 0 Å². The predicted molar refractivity (Wildman–Crippen MR) is 57.7 cm³/mol. The van der Waals surface area contributed by atoms with Gasteiger partial charge in [0.2, 0.25) is 5.16 Å². The highest BCUT2D eigenvalue weighted by Crippen LogP contribution is 2.31. The van der Waals surface area contributed by atoms with Gasteiger partial charge < -0.3 is 5.11 Å². The lowest BCUT2D eigenvalue weighted by molar-refractivity contribution is 0.220. The fraction of sp³-hybridized carbons (Fsp3) is 0.889. The number of tetrazole rings is 1. The molecule has 0 radical (unpaired) electrons. The van der Waals surface area contributed by atoms with E-state index in [2.05, 4.69) is 15.5 Å². The van der Waals surface area contributed by atoms with Crippen molar-refractivity contribution >= 4 is 11.8 Å². The van der Waals surface area contributed by atoms with Gasteiger partial charge in [0.1, 0.15) is 0 Å². The van der Waals surface area contributed by atoms with Gasteiger partial charge in [0.25, 0.3) is 0 Å². The van der Waals surface area contributed by atoms with Crippen molar-refractivity contribution in [1.82, 2.24) is 20.2 Å². The van der Waals surface area contributed by atoms with E-state index in [9.17, 15) is 5.11 Å². The van der Waals surface area contributed by atoms with Gasteiger partial charge in [-0.1, -0.05) is 24.6 Å². The van der Waals surface area contributed by atoms with E-state index in [1.54, 1.807) is 6.92 Å². The van der Waals surface area contributed by atoms with E-state index in [0.717, 1.165) is 5.16 Å². The number of hydrogen-bond acceptors (Lipinski definition) is 5. The minimum Gasteiger partial charge on any atom is -0.393 e. The maximum Gasteiger partial charge on any atom is 0.209 e. The third-order valence-corrected chi connectivity index (χ3v) is 3.76. The molecule has 15 heavy (non-hydrogen) atoms. The van der Waals surface area contributed by atoms with Crippen LogP contribution in [0.3, 0.4) is 0 Å². The van der Waals surface area contributed by atoms with Gasteiger partial charge in [-0.25, -0.2) is 4.68 Å². The van der Waals surface area contributed by atoms with Crippen molar-refractivity contribution < 1.29 is 5.11 Å². The zero-order valence-electron chi connectivity index (χ0n) is 8.83. The third-order valence-electron chi connectivity index (χ3n) is 2.59. The van der Waals surface area contributed by atoms with Crippen LogP contribution in [0.5, 0.6) is 0 Å². The topological polar surface area (TPSA) is 63.8 Å². The van der Waals surface area contributed by atoms with Crippen LogP contribution in [0.2, 0.25) is 0 Å². The number of hydrogen-bond donors (Lipinski definition) is 1. The standard InChI is InChI=1S/C9H16N4OS/c1-7(14)6-15-9-10-11-12-13(9)8-4-2-3-5-8/h7-8,14H,2-6H2,1H3/t7-/m1/s1. The van der Waals surface area contributed by atoms with Gasteiger partial charge in [-0.3, -0.25) is 0 Å². The summed E-state index contributed by atoms with van der Waals surface area (Å²) in [6.07, 6.45) is 4.57. The van der Waals surface area contributed by atoms with Crippen LogP contribution >= 0.6 is 11.8 Å². The minimum absolute atomic E-state index is 0.316. The largest absolute Gasteiger partial charge is 0.393 e. The number of rotatable bonds is 4. The van der Waals surface area contributed by atoms with Crippen LogP contribution in [-0.2, 0) is 0 Å². The molecule has 1 aliphatic carbocycles. The lowest BCUT2D eigenvalue weighted by Gasteiger charge is -2.10. The first-order valence-corrected chi connectivity index (χ1v) is 6.34. The molecule has 0 spiro atoms. The highest BCUT2D eigenvalue weighted by molar-refractivity contribution is 7.99. The van der Waals surface area contributed by atoms with Gasteiger partial charge >= 0.3 is 0 Å². The summed E-state index contributed by atoms with van der Waals surface area (Å²) in [4.78, 5) is 0. The Kier molecular flexibility index (Phi) is 3.58. The summed E-state index contributed by atoms with van der Waals surface area (Å²) in [7, 11) is 0. The second kappa shape index (κ2) is 4.94. The smallest absolute Gasteiger partial charge is 0.209 e. The Labute approximate surface area is 93.2 Å². The molecule has 0 unspecified atom stereocenters. The molecule has 1 heterocycles. The average Bonchev–Trinajstić information content (AvgIpc) is 2.85. The number of thioether (sulfide) groups is 1. The molecule has 1 aliphatic rings. The summed E-state index contributed by atoms with van der Waals surface area (Å²) in [6, 6.07) is 0.469. The number of aliphatic hydroxyl groups is 1. The Balaban J connectivity index is 2.01. The number of aliphatic hydroxyl groups excluding tert-OH is 1. The highest BCUT2D eigenvalue weighted by atomic mass is 32.2. The molecule has 0 aliphatic heterocycles. The van der Waals surface area contributed by atoms with E-state index in [4.69, 9.17) is 0 Å². The first kappa shape index (κ1) is 10.9. The summed E-state index contributed by atoms with van der Waals surface area (Å²) < 4.78 is 1.92. The van der Waals surface area contributed by atoms with Crippen molar-refractivity contribution in [3.05, 3.63) is 0 Å². The van der Waals surface area contributed by atoms with Crippen molar-refractivity contribution in [3.63, 3.8) is 0 Å². The van der Waals surface area contributed by atoms with E-state index in [-0.39, 0.29) is 6.10 Å². The Morgan fingerprint density at radius 1 is 1.53 bits per heavy atom. The van der Waals surface area contributed by atoms with Gasteiger partial charge in [-0.15, -0.1) is 5.10 Å². The van der Waals surface area contributed by atoms with Crippen molar-refractivity contribution in [3.8, 4) is 0 Å². The molecule has 1 atom stereocenters. The van der Waals surface area contributed by atoms with Crippen molar-refractivity contribution in [2.45, 2.75) is 49.9 Å². The molecule has 6 heteroatoms. The Morgan fingerprint density at radius 2 is 2.27 bits per heavy atom. The molecule has 0 aromatic carbocycles. The third kappa shape index (κ3) is 2.69. The average molecular weight is 228 g/mol. The molecule has 5 nitrogen and oxygen atoms in total. The second-order valence-corrected chi connectivity index (χ2v) is 4.99. The van der Waals surface area contributed by atoms with E-state index in [0.29, 0.717) is 11.8 Å². The Bertz CT molecular complexity index is 309. The zero-order chi connectivity index (χ0) is 10.7. The first-order valence-electron chi connectivity index (χ1n) is 5.36. The number of nitrogens with zero attached hydrogens (tertiary/aromatic N) is 4. The van der Waals surface area contributed by atoms with Gasteiger partial charge in [0.15, 0.2) is 0 Å². The molecule has 1 aromatic heterocycles. The summed E-state index contributed by atoms with van der Waals surface area (Å²) in [5.74, 6) is 0.646. The van der Waals surface area contributed by atoms with E-state index >= 15 is 0 Å². The summed E-state index contributed by atoms with van der Waals surface area (Å²) in [6.45, 7) is 1.77. The molecular weight excluding hydrogens is 212 g/mol. The first-order chi connectivity index (χ1) is 7.27. The molecule has 1 fully saturated rings. The zero-order valence-corrected chi connectivity index (χ0v) is 9.65. The minimum atomic E-state index is -0.316. The van der Waals surface area contributed by atoms with Crippen LogP contribution in [0.25, 0.3) is 0 Å². The van der Waals surface area contributed by atoms with Crippen LogP contribution in [-0.4, -0.2) is 37.2 Å². The van der Waals surface area contributed by atoms with Gasteiger partial charge in [-0.05, 0) is 30.2 Å². The summed E-state index contributed by atoms with van der Waals surface area (Å²) in [5.41, 5.74) is 0. The van der Waals surface area contributed by atoms with Crippen LogP contribution in [0.15, 0.2) is 5.16 Å². The van der Waals surface area contributed by atoms with E-state index < -0.39 is 0 Å². The van der Waals surface area contributed by atoms with Crippen LogP contribution in [0, 0.1) is 0 Å². The van der Waals surface area contributed by atoms with Crippen molar-refractivity contribution in [2.24, 2.45) is 0 Å². The highest BCUT2D eigenvalue weighted by Gasteiger charge is 2.21. The van der Waals surface area contributed by atoms with Crippen LogP contribution in [0.1, 0.15) is 38.6 Å². The molecule has 1 aromatic rings. The Hall–Kier alpha value is -0.620. The lowest BCUT2D eigenvalue weighted by atomic mass is 10.3. The normalized spacial score (nSPS) is 19.6. The monoisotopic (exact) mass is 228 g/mol. The molecule has 2 rings (SSSR count). The SMILES string of the molecule is C[C@@H](O)CSc1nnnn1C1CCCC1. The molecule has 1 saturated carbocycles. The lowest BCUT2D eigenvalue weighted by Crippen LogP contribution is -2.10. The van der Waals surface area contributed by atoms with Crippen LogP contribution in [0.4, 0.5) is 0 Å². The maximum absolute atomic E-state index is 9.21. The molecule has 0 saturated heterocycles. The van der Waals surface area contributed by atoms with Gasteiger partial charge in [0.05, 0.1) is 12.1 Å². The quantitative estimate of drug-likeness (QED) is 0.786. The fourth-order valence-corrected chi connectivity index (χ4v) is 2.66. The molecule has 0 bridgehead atoms. The second-order valence-electron chi connectivity index (χ2n) is 4.00. The van der Waals surface area contributed by atoms with Crippen molar-refractivity contribution in [2.75, 3.05) is 5.75 Å². The molecule has 1 N–H and O–H groups in total.